The number of hydrogen-bond acceptors (Lipinski definition) is 3. The fraction of sp³-hybridized carbons (Fsp3) is 0.176. The van der Waals surface area contributed by atoms with E-state index in [1.54, 1.807) is 49.4 Å². The minimum Gasteiger partial charge on any atom is -0.452 e. The fourth-order valence-electron chi connectivity index (χ4n) is 1.91. The molecular weight excluding hydrogens is 285 g/mol. The third kappa shape index (κ3) is 4.41. The largest absolute Gasteiger partial charge is 0.452 e. The molecule has 0 heterocycles. The molecule has 0 aliphatic rings. The topological polar surface area (TPSA) is 55.4 Å². The Bertz CT molecular complexity index is 641. The summed E-state index contributed by atoms with van der Waals surface area (Å²) in [6.45, 7) is 1.41. The first-order valence-corrected chi connectivity index (χ1v) is 6.83. The van der Waals surface area contributed by atoms with Gasteiger partial charge in [0, 0.05) is 0 Å². The number of benzene rings is 2. The number of ether oxygens (including phenoxy) is 1. The summed E-state index contributed by atoms with van der Waals surface area (Å²) in [5.74, 6) is -1.30. The van der Waals surface area contributed by atoms with Gasteiger partial charge in [0.15, 0.2) is 6.61 Å². The van der Waals surface area contributed by atoms with Gasteiger partial charge in [-0.2, -0.15) is 0 Å². The maximum Gasteiger partial charge on any atom is 0.338 e. The molecule has 22 heavy (non-hydrogen) atoms. The van der Waals surface area contributed by atoms with Crippen molar-refractivity contribution in [2.45, 2.75) is 13.0 Å². The van der Waals surface area contributed by atoms with Gasteiger partial charge in [0.05, 0.1) is 11.6 Å². The van der Waals surface area contributed by atoms with Crippen molar-refractivity contribution < 1.29 is 18.7 Å². The molecule has 0 saturated carbocycles. The summed E-state index contributed by atoms with van der Waals surface area (Å²) in [5, 5.41) is 2.68. The molecule has 0 aliphatic heterocycles. The van der Waals surface area contributed by atoms with Crippen LogP contribution in [0.4, 0.5) is 4.39 Å². The average molecular weight is 301 g/mol. The highest BCUT2D eigenvalue weighted by Crippen LogP contribution is 2.12. The predicted molar refractivity (Wildman–Crippen MR) is 79.7 cm³/mol. The number of rotatable bonds is 5. The van der Waals surface area contributed by atoms with Crippen LogP contribution in [0.2, 0.25) is 0 Å². The smallest absolute Gasteiger partial charge is 0.338 e. The Hall–Kier alpha value is -2.69. The molecule has 4 nitrogen and oxygen atoms in total. The molecule has 114 valence electrons. The monoisotopic (exact) mass is 301 g/mol. The molecular formula is C17H16FNO3. The van der Waals surface area contributed by atoms with Crippen LogP contribution in [-0.4, -0.2) is 18.5 Å². The van der Waals surface area contributed by atoms with Crippen LogP contribution in [0.15, 0.2) is 54.6 Å². The minimum atomic E-state index is -0.551. The van der Waals surface area contributed by atoms with Crippen LogP contribution in [0.1, 0.15) is 28.9 Å². The van der Waals surface area contributed by atoms with Crippen LogP contribution in [-0.2, 0) is 9.53 Å². The molecule has 2 rings (SSSR count). The van der Waals surface area contributed by atoms with E-state index in [4.69, 9.17) is 4.74 Å². The molecule has 0 saturated heterocycles. The van der Waals surface area contributed by atoms with E-state index in [9.17, 15) is 14.0 Å². The highest BCUT2D eigenvalue weighted by molar-refractivity contribution is 5.91. The van der Waals surface area contributed by atoms with E-state index in [1.165, 1.54) is 12.1 Å². The van der Waals surface area contributed by atoms with Crippen molar-refractivity contribution in [2.24, 2.45) is 0 Å². The molecule has 0 aliphatic carbocycles. The van der Waals surface area contributed by atoms with Crippen molar-refractivity contribution in [2.75, 3.05) is 6.61 Å². The number of carbonyl (C=O) groups is 2. The standard InChI is InChI=1S/C17H16FNO3/c1-12(13-7-9-15(18)10-8-13)19-16(20)11-22-17(21)14-5-3-2-4-6-14/h2-10,12H,11H2,1H3,(H,19,20)/t12-/m1/s1. The SMILES string of the molecule is C[C@@H](NC(=O)COC(=O)c1ccccc1)c1ccc(F)cc1. The van der Waals surface area contributed by atoms with Crippen molar-refractivity contribution >= 4 is 11.9 Å². The molecule has 0 spiro atoms. The van der Waals surface area contributed by atoms with E-state index in [0.717, 1.165) is 5.56 Å². The number of hydrogen-bond donors (Lipinski definition) is 1. The zero-order valence-electron chi connectivity index (χ0n) is 12.1. The number of carbonyl (C=O) groups excluding carboxylic acids is 2. The van der Waals surface area contributed by atoms with Crippen LogP contribution in [0.3, 0.4) is 0 Å². The lowest BCUT2D eigenvalue weighted by atomic mass is 10.1. The Balaban J connectivity index is 1.83. The first-order valence-electron chi connectivity index (χ1n) is 6.83. The van der Waals surface area contributed by atoms with E-state index in [0.29, 0.717) is 5.56 Å². The van der Waals surface area contributed by atoms with Gasteiger partial charge in [0.2, 0.25) is 0 Å². The Morgan fingerprint density at radius 2 is 1.73 bits per heavy atom. The average Bonchev–Trinajstić information content (AvgIpc) is 2.54. The number of nitrogens with one attached hydrogen (secondary N) is 1. The predicted octanol–water partition coefficient (Wildman–Crippen LogP) is 2.86. The van der Waals surface area contributed by atoms with Crippen molar-refractivity contribution in [3.63, 3.8) is 0 Å². The Morgan fingerprint density at radius 1 is 1.09 bits per heavy atom. The van der Waals surface area contributed by atoms with Gasteiger partial charge in [0.1, 0.15) is 5.82 Å². The van der Waals surface area contributed by atoms with Crippen LogP contribution in [0.5, 0.6) is 0 Å². The van der Waals surface area contributed by atoms with E-state index in [1.807, 2.05) is 0 Å². The maximum absolute atomic E-state index is 12.8. The molecule has 1 amide bonds. The summed E-state index contributed by atoms with van der Waals surface area (Å²) < 4.78 is 17.8. The normalized spacial score (nSPS) is 11.5. The van der Waals surface area contributed by atoms with Gasteiger partial charge in [-0.15, -0.1) is 0 Å². The second-order valence-electron chi connectivity index (χ2n) is 4.78. The highest BCUT2D eigenvalue weighted by atomic mass is 19.1. The van der Waals surface area contributed by atoms with Gasteiger partial charge in [-0.25, -0.2) is 9.18 Å². The zero-order chi connectivity index (χ0) is 15.9. The van der Waals surface area contributed by atoms with Crippen LogP contribution in [0, 0.1) is 5.82 Å². The van der Waals surface area contributed by atoms with Gasteiger partial charge in [0.25, 0.3) is 5.91 Å². The lowest BCUT2D eigenvalue weighted by Gasteiger charge is -2.14. The molecule has 0 aromatic heterocycles. The van der Waals surface area contributed by atoms with Gasteiger partial charge in [-0.1, -0.05) is 30.3 Å². The van der Waals surface area contributed by atoms with Crippen LogP contribution >= 0.6 is 0 Å². The molecule has 1 atom stereocenters. The molecule has 5 heteroatoms. The lowest BCUT2D eigenvalue weighted by molar-refractivity contribution is -0.124. The second-order valence-corrected chi connectivity index (χ2v) is 4.78. The number of halogens is 1. The summed E-state index contributed by atoms with van der Waals surface area (Å²) in [6, 6.07) is 14.0. The summed E-state index contributed by atoms with van der Waals surface area (Å²) in [7, 11) is 0. The van der Waals surface area contributed by atoms with Crippen molar-refractivity contribution in [3.8, 4) is 0 Å². The zero-order valence-corrected chi connectivity index (χ0v) is 12.1. The van der Waals surface area contributed by atoms with Gasteiger partial charge in [-0.3, -0.25) is 4.79 Å². The van der Waals surface area contributed by atoms with Crippen LogP contribution in [0.25, 0.3) is 0 Å². The van der Waals surface area contributed by atoms with E-state index >= 15 is 0 Å². The summed E-state index contributed by atoms with van der Waals surface area (Å²) in [4.78, 5) is 23.5. The van der Waals surface area contributed by atoms with Gasteiger partial charge < -0.3 is 10.1 Å². The molecule has 0 fully saturated rings. The minimum absolute atomic E-state index is 0.302. The van der Waals surface area contributed by atoms with E-state index in [2.05, 4.69) is 5.32 Å². The summed E-state index contributed by atoms with van der Waals surface area (Å²) in [6.07, 6.45) is 0. The van der Waals surface area contributed by atoms with Crippen molar-refractivity contribution in [1.82, 2.24) is 5.32 Å². The second kappa shape index (κ2) is 7.36. The van der Waals surface area contributed by atoms with Gasteiger partial charge in [-0.05, 0) is 36.8 Å². The summed E-state index contributed by atoms with van der Waals surface area (Å²) >= 11 is 0. The Labute approximate surface area is 127 Å². The van der Waals surface area contributed by atoms with E-state index in [-0.39, 0.29) is 18.5 Å². The third-order valence-corrected chi connectivity index (χ3v) is 3.09. The maximum atomic E-state index is 12.8. The summed E-state index contributed by atoms with van der Waals surface area (Å²) in [5.41, 5.74) is 1.16. The molecule has 0 unspecified atom stereocenters. The molecule has 2 aromatic rings. The number of amides is 1. The third-order valence-electron chi connectivity index (χ3n) is 3.09. The molecule has 2 aromatic carbocycles. The first kappa shape index (κ1) is 15.7. The van der Waals surface area contributed by atoms with Crippen molar-refractivity contribution in [3.05, 3.63) is 71.5 Å². The van der Waals surface area contributed by atoms with Gasteiger partial charge >= 0.3 is 5.97 Å². The number of esters is 1. The molecule has 0 bridgehead atoms. The lowest BCUT2D eigenvalue weighted by Crippen LogP contribution is -2.31. The van der Waals surface area contributed by atoms with E-state index < -0.39 is 11.9 Å². The molecule has 0 radical (unpaired) electrons. The van der Waals surface area contributed by atoms with Crippen molar-refractivity contribution in [1.29, 1.82) is 0 Å². The van der Waals surface area contributed by atoms with Crippen LogP contribution < -0.4 is 5.32 Å². The highest BCUT2D eigenvalue weighted by Gasteiger charge is 2.12. The Kier molecular flexibility index (Phi) is 5.25. The molecule has 1 N–H and O–H groups in total. The first-order chi connectivity index (χ1) is 10.6. The quantitative estimate of drug-likeness (QED) is 0.864. The fourth-order valence-corrected chi connectivity index (χ4v) is 1.91. The Morgan fingerprint density at radius 3 is 2.36 bits per heavy atom.